The van der Waals surface area contributed by atoms with Crippen LogP contribution in [0.4, 0.5) is 4.39 Å². The van der Waals surface area contributed by atoms with Crippen molar-refractivity contribution in [1.82, 2.24) is 10.0 Å². The number of carbonyl (C=O) groups is 1. The molecule has 3 rings (SSSR count). The van der Waals surface area contributed by atoms with E-state index in [0.717, 1.165) is 5.75 Å². The number of rotatable bonds is 11. The summed E-state index contributed by atoms with van der Waals surface area (Å²) in [6.07, 6.45) is 0.0142. The van der Waals surface area contributed by atoms with Crippen LogP contribution in [0.2, 0.25) is 0 Å². The molecule has 3 aromatic carbocycles. The summed E-state index contributed by atoms with van der Waals surface area (Å²) < 4.78 is 51.6. The van der Waals surface area contributed by atoms with Gasteiger partial charge in [-0.3, -0.25) is 4.79 Å². The van der Waals surface area contributed by atoms with Crippen LogP contribution in [0.5, 0.6) is 17.2 Å². The first-order valence-corrected chi connectivity index (χ1v) is 11.9. The third kappa shape index (κ3) is 7.58. The Hall–Kier alpha value is -3.43. The van der Waals surface area contributed by atoms with Gasteiger partial charge in [-0.25, -0.2) is 17.5 Å². The van der Waals surface area contributed by atoms with Gasteiger partial charge in [0.15, 0.2) is 0 Å². The second kappa shape index (κ2) is 11.4. The fourth-order valence-corrected chi connectivity index (χ4v) is 3.99. The van der Waals surface area contributed by atoms with Gasteiger partial charge in [0.05, 0.1) is 17.9 Å². The summed E-state index contributed by atoms with van der Waals surface area (Å²) in [6, 6.07) is 18.9. The maximum atomic E-state index is 13.2. The molecule has 0 saturated carbocycles. The van der Waals surface area contributed by atoms with E-state index in [9.17, 15) is 17.6 Å². The molecule has 0 fully saturated rings. The van der Waals surface area contributed by atoms with E-state index in [1.165, 1.54) is 30.3 Å². The van der Waals surface area contributed by atoms with Gasteiger partial charge in [-0.2, -0.15) is 0 Å². The molecule has 2 N–H and O–H groups in total. The standard InChI is InChI=1S/C24H25FN2O5S/c1-2-31-20-6-8-21(9-7-20)32-22-10-12-23(13-11-22)33(29,30)27-15-14-26-24(28)17-18-4-3-5-19(25)16-18/h3-13,16,27H,2,14-15,17H2,1H3,(H,26,28). The lowest BCUT2D eigenvalue weighted by atomic mass is 10.1. The molecule has 0 aliphatic heterocycles. The SMILES string of the molecule is CCOc1ccc(Oc2ccc(S(=O)(=O)NCCNC(=O)Cc3cccc(F)c3)cc2)cc1. The summed E-state index contributed by atoms with van der Waals surface area (Å²) in [4.78, 5) is 12.0. The zero-order chi connectivity index (χ0) is 23.7. The molecule has 0 heterocycles. The maximum Gasteiger partial charge on any atom is 0.240 e. The van der Waals surface area contributed by atoms with E-state index in [2.05, 4.69) is 10.0 Å². The molecule has 0 aliphatic carbocycles. The Kier molecular flexibility index (Phi) is 8.39. The quantitative estimate of drug-likeness (QED) is 0.416. The highest BCUT2D eigenvalue weighted by molar-refractivity contribution is 7.89. The fourth-order valence-electron chi connectivity index (χ4n) is 2.96. The summed E-state index contributed by atoms with van der Waals surface area (Å²) in [5, 5.41) is 2.61. The second-order valence-corrected chi connectivity index (χ2v) is 8.80. The average molecular weight is 473 g/mol. The van der Waals surface area contributed by atoms with Gasteiger partial charge in [-0.05, 0) is 73.2 Å². The molecule has 3 aromatic rings. The van der Waals surface area contributed by atoms with Crippen molar-refractivity contribution in [3.8, 4) is 17.2 Å². The number of hydrogen-bond acceptors (Lipinski definition) is 5. The predicted octanol–water partition coefficient (Wildman–Crippen LogP) is 3.65. The molecule has 0 radical (unpaired) electrons. The van der Waals surface area contributed by atoms with Gasteiger partial charge in [0, 0.05) is 13.1 Å². The molecule has 174 valence electrons. The highest BCUT2D eigenvalue weighted by Crippen LogP contribution is 2.25. The summed E-state index contributed by atoms with van der Waals surface area (Å²) >= 11 is 0. The molecule has 1 amide bonds. The summed E-state index contributed by atoms with van der Waals surface area (Å²) in [6.45, 7) is 2.60. The van der Waals surface area contributed by atoms with Crippen LogP contribution in [-0.2, 0) is 21.2 Å². The van der Waals surface area contributed by atoms with Crippen LogP contribution < -0.4 is 19.5 Å². The Bertz CT molecular complexity index is 1170. The Morgan fingerprint density at radius 2 is 1.55 bits per heavy atom. The molecule has 33 heavy (non-hydrogen) atoms. The number of ether oxygens (including phenoxy) is 2. The van der Waals surface area contributed by atoms with Gasteiger partial charge < -0.3 is 14.8 Å². The van der Waals surface area contributed by atoms with Crippen LogP contribution >= 0.6 is 0 Å². The molecule has 0 spiro atoms. The first-order chi connectivity index (χ1) is 15.9. The van der Waals surface area contributed by atoms with Crippen LogP contribution in [0.25, 0.3) is 0 Å². The van der Waals surface area contributed by atoms with E-state index in [1.807, 2.05) is 6.92 Å². The van der Waals surface area contributed by atoms with E-state index in [0.29, 0.717) is 23.7 Å². The molecule has 0 bridgehead atoms. The summed E-state index contributed by atoms with van der Waals surface area (Å²) in [5.41, 5.74) is 0.542. The summed E-state index contributed by atoms with van der Waals surface area (Å²) in [7, 11) is -3.75. The fraction of sp³-hybridized carbons (Fsp3) is 0.208. The number of sulfonamides is 1. The zero-order valence-corrected chi connectivity index (χ0v) is 18.9. The molecule has 0 atom stereocenters. The number of nitrogens with one attached hydrogen (secondary N) is 2. The van der Waals surface area contributed by atoms with Crippen molar-refractivity contribution in [3.05, 3.63) is 84.2 Å². The Labute approximate surface area is 192 Å². The van der Waals surface area contributed by atoms with E-state index in [-0.39, 0.29) is 30.3 Å². The number of amides is 1. The van der Waals surface area contributed by atoms with Gasteiger partial charge in [0.2, 0.25) is 15.9 Å². The van der Waals surface area contributed by atoms with Gasteiger partial charge in [0.1, 0.15) is 23.1 Å². The van der Waals surface area contributed by atoms with E-state index >= 15 is 0 Å². The molecule has 0 unspecified atom stereocenters. The summed E-state index contributed by atoms with van der Waals surface area (Å²) in [5.74, 6) is 1.09. The highest BCUT2D eigenvalue weighted by Gasteiger charge is 2.14. The number of carbonyl (C=O) groups excluding carboxylic acids is 1. The van der Waals surface area contributed by atoms with Crippen molar-refractivity contribution in [3.63, 3.8) is 0 Å². The molecular formula is C24H25FN2O5S. The number of benzene rings is 3. The Balaban J connectivity index is 1.46. The van der Waals surface area contributed by atoms with Gasteiger partial charge in [-0.15, -0.1) is 0 Å². The van der Waals surface area contributed by atoms with Crippen LogP contribution in [0.15, 0.2) is 77.7 Å². The van der Waals surface area contributed by atoms with Crippen LogP contribution in [0, 0.1) is 5.82 Å². The van der Waals surface area contributed by atoms with Crippen molar-refractivity contribution >= 4 is 15.9 Å². The molecule has 7 nitrogen and oxygen atoms in total. The van der Waals surface area contributed by atoms with Gasteiger partial charge in [0.25, 0.3) is 0 Å². The number of halogens is 1. The van der Waals surface area contributed by atoms with Crippen LogP contribution in [0.3, 0.4) is 0 Å². The molecular weight excluding hydrogens is 447 g/mol. The van der Waals surface area contributed by atoms with Crippen molar-refractivity contribution in [2.45, 2.75) is 18.2 Å². The van der Waals surface area contributed by atoms with Gasteiger partial charge >= 0.3 is 0 Å². The lowest BCUT2D eigenvalue weighted by Crippen LogP contribution is -2.35. The van der Waals surface area contributed by atoms with Crippen LogP contribution in [-0.4, -0.2) is 34.0 Å². The number of hydrogen-bond donors (Lipinski definition) is 2. The third-order valence-corrected chi connectivity index (χ3v) is 5.97. The zero-order valence-electron chi connectivity index (χ0n) is 18.1. The predicted molar refractivity (Wildman–Crippen MR) is 122 cm³/mol. The van der Waals surface area contributed by atoms with Gasteiger partial charge in [-0.1, -0.05) is 12.1 Å². The minimum absolute atomic E-state index is 0.0142. The smallest absolute Gasteiger partial charge is 0.240 e. The topological polar surface area (TPSA) is 93.7 Å². The van der Waals surface area contributed by atoms with Crippen molar-refractivity contribution in [2.75, 3.05) is 19.7 Å². The monoisotopic (exact) mass is 472 g/mol. The Morgan fingerprint density at radius 3 is 2.18 bits per heavy atom. The first-order valence-electron chi connectivity index (χ1n) is 10.4. The highest BCUT2D eigenvalue weighted by atomic mass is 32.2. The lowest BCUT2D eigenvalue weighted by Gasteiger charge is -2.10. The van der Waals surface area contributed by atoms with Crippen molar-refractivity contribution < 1.29 is 27.1 Å². The van der Waals surface area contributed by atoms with Crippen LogP contribution in [0.1, 0.15) is 12.5 Å². The second-order valence-electron chi connectivity index (χ2n) is 7.03. The average Bonchev–Trinajstić information content (AvgIpc) is 2.79. The van der Waals surface area contributed by atoms with Crippen molar-refractivity contribution in [2.24, 2.45) is 0 Å². The van der Waals surface area contributed by atoms with E-state index < -0.39 is 15.8 Å². The first kappa shape index (κ1) is 24.2. The van der Waals surface area contributed by atoms with E-state index in [1.54, 1.807) is 42.5 Å². The Morgan fingerprint density at radius 1 is 0.909 bits per heavy atom. The molecule has 0 aliphatic rings. The van der Waals surface area contributed by atoms with E-state index in [4.69, 9.17) is 9.47 Å². The molecule has 0 saturated heterocycles. The third-order valence-electron chi connectivity index (χ3n) is 4.50. The minimum atomic E-state index is -3.75. The molecule has 9 heteroatoms. The van der Waals surface area contributed by atoms with Crippen molar-refractivity contribution in [1.29, 1.82) is 0 Å². The molecule has 0 aromatic heterocycles. The minimum Gasteiger partial charge on any atom is -0.494 e. The largest absolute Gasteiger partial charge is 0.494 e. The lowest BCUT2D eigenvalue weighted by molar-refractivity contribution is -0.120. The maximum absolute atomic E-state index is 13.2. The normalized spacial score (nSPS) is 11.1.